The molecule has 3 rings (SSSR count). The molecule has 2 aliphatic rings. The van der Waals surface area contributed by atoms with E-state index in [-0.39, 0.29) is 17.0 Å². The van der Waals surface area contributed by atoms with Gasteiger partial charge >= 0.3 is 6.18 Å². The van der Waals surface area contributed by atoms with Crippen molar-refractivity contribution < 1.29 is 26.5 Å². The summed E-state index contributed by atoms with van der Waals surface area (Å²) in [5, 5.41) is 13.4. The van der Waals surface area contributed by atoms with E-state index in [9.17, 15) is 31.7 Å². The van der Waals surface area contributed by atoms with E-state index < -0.39 is 32.4 Å². The van der Waals surface area contributed by atoms with Crippen molar-refractivity contribution in [3.8, 4) is 0 Å². The van der Waals surface area contributed by atoms with Gasteiger partial charge in [0.2, 0.25) is 10.0 Å². The lowest BCUT2D eigenvalue weighted by molar-refractivity contribution is -0.388. The quantitative estimate of drug-likeness (QED) is 0.613. The van der Waals surface area contributed by atoms with Crippen molar-refractivity contribution in [2.24, 2.45) is 0 Å². The number of rotatable bonds is 5. The molecule has 1 saturated heterocycles. The van der Waals surface area contributed by atoms with Gasteiger partial charge in [-0.3, -0.25) is 10.1 Å². The summed E-state index contributed by atoms with van der Waals surface area (Å²) in [6, 6.07) is 2.60. The van der Waals surface area contributed by atoms with E-state index in [0.717, 1.165) is 12.1 Å². The first-order valence-corrected chi connectivity index (χ1v) is 9.70. The number of nitro benzene ring substituents is 1. The molecule has 2 fully saturated rings. The molecule has 0 atom stereocenters. The molecule has 0 aromatic heterocycles. The molecule has 11 heteroatoms. The van der Waals surface area contributed by atoms with E-state index >= 15 is 0 Å². The van der Waals surface area contributed by atoms with E-state index in [4.69, 9.17) is 0 Å². The number of nitrogens with zero attached hydrogens (tertiary/aromatic N) is 2. The lowest BCUT2D eigenvalue weighted by Crippen LogP contribution is -2.43. The Hall–Kier alpha value is -1.88. The third kappa shape index (κ3) is 3.93. The van der Waals surface area contributed by atoms with Gasteiger partial charge in [0.05, 0.1) is 10.2 Å². The van der Waals surface area contributed by atoms with Gasteiger partial charge in [0.25, 0.3) is 5.69 Å². The summed E-state index contributed by atoms with van der Waals surface area (Å²) in [6.07, 6.45) is -2.54. The Morgan fingerprint density at radius 3 is 2.27 bits per heavy atom. The zero-order valence-electron chi connectivity index (χ0n) is 13.7. The molecule has 0 bridgehead atoms. The largest absolute Gasteiger partial charge is 0.423 e. The van der Waals surface area contributed by atoms with Gasteiger partial charge in [0.1, 0.15) is 5.56 Å². The van der Waals surface area contributed by atoms with Crippen LogP contribution >= 0.6 is 0 Å². The fraction of sp³-hybridized carbons (Fsp3) is 0.600. The van der Waals surface area contributed by atoms with E-state index in [2.05, 4.69) is 5.32 Å². The van der Waals surface area contributed by atoms with Crippen molar-refractivity contribution >= 4 is 21.4 Å². The summed E-state index contributed by atoms with van der Waals surface area (Å²) in [4.78, 5) is 9.72. The second kappa shape index (κ2) is 6.69. The van der Waals surface area contributed by atoms with Crippen LogP contribution in [0.2, 0.25) is 0 Å². The molecule has 0 amide bonds. The number of nitro groups is 1. The summed E-state index contributed by atoms with van der Waals surface area (Å²) in [6.45, 7) is 0.630. The number of anilines is 1. The minimum Gasteiger partial charge on any atom is -0.382 e. The first-order chi connectivity index (χ1) is 12.1. The zero-order chi connectivity index (χ0) is 19.1. The molecule has 1 saturated carbocycles. The number of alkyl halides is 3. The van der Waals surface area contributed by atoms with Crippen LogP contribution in [0.25, 0.3) is 0 Å². The van der Waals surface area contributed by atoms with E-state index in [1.165, 1.54) is 10.4 Å². The lowest BCUT2D eigenvalue weighted by Gasteiger charge is -2.32. The number of sulfonamides is 1. The Morgan fingerprint density at radius 1 is 1.15 bits per heavy atom. The molecule has 0 radical (unpaired) electrons. The average molecular weight is 393 g/mol. The van der Waals surface area contributed by atoms with Crippen LogP contribution in [0.4, 0.5) is 24.5 Å². The highest BCUT2D eigenvalue weighted by atomic mass is 32.2. The number of piperidine rings is 1. The fourth-order valence-corrected chi connectivity index (χ4v) is 4.95. The second-order valence-corrected chi connectivity index (χ2v) is 8.76. The van der Waals surface area contributed by atoms with Crippen LogP contribution in [0.1, 0.15) is 31.2 Å². The maximum Gasteiger partial charge on any atom is 0.423 e. The summed E-state index contributed by atoms with van der Waals surface area (Å²) in [5.41, 5.74) is -2.17. The molecule has 7 nitrogen and oxygen atoms in total. The highest BCUT2D eigenvalue weighted by Gasteiger charge is 2.41. The molecule has 1 N–H and O–H groups in total. The second-order valence-electron chi connectivity index (χ2n) is 6.55. The minimum atomic E-state index is -4.83. The highest BCUT2D eigenvalue weighted by molar-refractivity contribution is 7.90. The number of benzene rings is 1. The summed E-state index contributed by atoms with van der Waals surface area (Å²) in [7, 11) is -3.24. The molecule has 1 aromatic carbocycles. The summed E-state index contributed by atoms with van der Waals surface area (Å²) < 4.78 is 64.9. The molecule has 144 valence electrons. The first kappa shape index (κ1) is 18.9. The predicted octanol–water partition coefficient (Wildman–Crippen LogP) is 2.98. The van der Waals surface area contributed by atoms with E-state index in [1.54, 1.807) is 0 Å². The van der Waals surface area contributed by atoms with Crippen molar-refractivity contribution in [3.63, 3.8) is 0 Å². The van der Waals surface area contributed by atoms with Crippen LogP contribution in [0, 0.1) is 10.1 Å². The van der Waals surface area contributed by atoms with Gasteiger partial charge in [-0.2, -0.15) is 13.2 Å². The molecular weight excluding hydrogens is 375 g/mol. The van der Waals surface area contributed by atoms with Crippen molar-refractivity contribution in [1.82, 2.24) is 4.31 Å². The third-order valence-corrected chi connectivity index (χ3v) is 7.03. The van der Waals surface area contributed by atoms with Gasteiger partial charge in [-0.1, -0.05) is 0 Å². The van der Waals surface area contributed by atoms with Gasteiger partial charge in [-0.15, -0.1) is 0 Å². The molecular formula is C15H18F3N3O4S. The zero-order valence-corrected chi connectivity index (χ0v) is 14.5. The van der Waals surface area contributed by atoms with E-state index in [1.807, 2.05) is 0 Å². The Labute approximate surface area is 148 Å². The minimum absolute atomic E-state index is 0.131. The van der Waals surface area contributed by atoms with E-state index in [0.29, 0.717) is 38.8 Å². The summed E-state index contributed by atoms with van der Waals surface area (Å²) in [5.74, 6) is 0. The molecule has 1 aliphatic carbocycles. The molecule has 1 aromatic rings. The van der Waals surface area contributed by atoms with Gasteiger partial charge in [0.15, 0.2) is 0 Å². The van der Waals surface area contributed by atoms with Crippen LogP contribution in [0.5, 0.6) is 0 Å². The smallest absolute Gasteiger partial charge is 0.382 e. The number of nitrogens with one attached hydrogen (secondary N) is 1. The van der Waals surface area contributed by atoms with Crippen LogP contribution in [-0.2, 0) is 16.2 Å². The lowest BCUT2D eigenvalue weighted by atomic mass is 10.1. The van der Waals surface area contributed by atoms with Crippen molar-refractivity contribution in [2.75, 3.05) is 18.4 Å². The van der Waals surface area contributed by atoms with Gasteiger partial charge in [-0.05, 0) is 37.8 Å². The predicted molar refractivity (Wildman–Crippen MR) is 88.3 cm³/mol. The Morgan fingerprint density at radius 2 is 1.77 bits per heavy atom. The monoisotopic (exact) mass is 393 g/mol. The molecule has 0 unspecified atom stereocenters. The Balaban J connectivity index is 1.68. The summed E-state index contributed by atoms with van der Waals surface area (Å²) >= 11 is 0. The Kier molecular flexibility index (Phi) is 4.86. The van der Waals surface area contributed by atoms with Crippen molar-refractivity contribution in [3.05, 3.63) is 33.9 Å². The average Bonchev–Trinajstić information content (AvgIpc) is 3.39. The maximum absolute atomic E-state index is 13.0. The molecule has 1 aliphatic heterocycles. The van der Waals surface area contributed by atoms with Crippen LogP contribution in [0.3, 0.4) is 0 Å². The van der Waals surface area contributed by atoms with Crippen LogP contribution < -0.4 is 5.32 Å². The van der Waals surface area contributed by atoms with Gasteiger partial charge in [-0.25, -0.2) is 12.7 Å². The molecule has 26 heavy (non-hydrogen) atoms. The normalized spacial score (nSPS) is 20.1. The fourth-order valence-electron chi connectivity index (χ4n) is 3.08. The molecule has 1 heterocycles. The highest BCUT2D eigenvalue weighted by Crippen LogP contribution is 2.38. The number of hydrogen-bond donors (Lipinski definition) is 1. The van der Waals surface area contributed by atoms with Crippen LogP contribution in [0.15, 0.2) is 18.2 Å². The number of hydrogen-bond acceptors (Lipinski definition) is 5. The molecule has 0 spiro atoms. The third-order valence-electron chi connectivity index (χ3n) is 4.63. The standard InChI is InChI=1S/C15H18F3N3O4S/c16-15(17,18)13-9-11(1-4-14(13)21(22)23)19-10-5-7-20(8-6-10)26(24,25)12-2-3-12/h1,4,9-10,12,19H,2-3,5-8H2. The SMILES string of the molecule is O=[N+]([O-])c1ccc(NC2CCN(S(=O)(=O)C3CC3)CC2)cc1C(F)(F)F. The van der Waals surface area contributed by atoms with Crippen LogP contribution in [-0.4, -0.2) is 42.0 Å². The van der Waals surface area contributed by atoms with Gasteiger partial charge in [0, 0.05) is 30.9 Å². The maximum atomic E-state index is 13.0. The van der Waals surface area contributed by atoms with Crippen molar-refractivity contribution in [2.45, 2.75) is 43.2 Å². The topological polar surface area (TPSA) is 92.6 Å². The first-order valence-electron chi connectivity index (χ1n) is 8.20. The Bertz CT molecular complexity index is 801. The van der Waals surface area contributed by atoms with Crippen molar-refractivity contribution in [1.29, 1.82) is 0 Å². The number of halogens is 3. The van der Waals surface area contributed by atoms with Gasteiger partial charge < -0.3 is 5.32 Å².